The van der Waals surface area contributed by atoms with E-state index in [0.717, 1.165) is 6.42 Å². The molecule has 0 saturated carbocycles. The molecule has 2 rings (SSSR count). The molecule has 2 aromatic rings. The van der Waals surface area contributed by atoms with Gasteiger partial charge in [0.25, 0.3) is 5.91 Å². The van der Waals surface area contributed by atoms with E-state index in [4.69, 9.17) is 22.1 Å². The molecule has 0 heterocycles. The lowest BCUT2D eigenvalue weighted by Crippen LogP contribution is -2.30. The zero-order chi connectivity index (χ0) is 17.7. The Labute approximate surface area is 145 Å². The summed E-state index contributed by atoms with van der Waals surface area (Å²) in [4.78, 5) is 24.2. The summed E-state index contributed by atoms with van der Waals surface area (Å²) < 4.78 is 5.16. The predicted octanol–water partition coefficient (Wildman–Crippen LogP) is 3.67. The van der Waals surface area contributed by atoms with E-state index in [2.05, 4.69) is 12.2 Å². The first-order chi connectivity index (χ1) is 11.4. The molecule has 1 unspecified atom stereocenters. The molecule has 0 aromatic heterocycles. The second-order valence-corrected chi connectivity index (χ2v) is 5.73. The lowest BCUT2D eigenvalue weighted by molar-refractivity contribution is -0.123. The molecule has 0 fully saturated rings. The van der Waals surface area contributed by atoms with Crippen molar-refractivity contribution in [2.24, 2.45) is 0 Å². The maximum absolute atomic E-state index is 12.1. The summed E-state index contributed by atoms with van der Waals surface area (Å²) in [6.45, 7) is 3.56. The number of halogens is 1. The molecule has 1 amide bonds. The van der Waals surface area contributed by atoms with Gasteiger partial charge in [0.05, 0.1) is 16.3 Å². The van der Waals surface area contributed by atoms with Crippen molar-refractivity contribution in [1.82, 2.24) is 0 Å². The van der Waals surface area contributed by atoms with Gasteiger partial charge in [-0.3, -0.25) is 4.79 Å². The molecular formula is C18H19ClN2O3. The van der Waals surface area contributed by atoms with E-state index in [-0.39, 0.29) is 11.3 Å². The van der Waals surface area contributed by atoms with Gasteiger partial charge in [-0.1, -0.05) is 30.7 Å². The Hall–Kier alpha value is -2.53. The standard InChI is InChI=1S/C18H19ClN2O3/c1-3-12-4-7-14(8-5-12)21-17(22)11(2)24-18(23)13-6-9-15(19)16(20)10-13/h4-11H,3,20H2,1-2H3,(H,21,22). The van der Waals surface area contributed by atoms with Crippen molar-refractivity contribution < 1.29 is 14.3 Å². The molecular weight excluding hydrogens is 328 g/mol. The highest BCUT2D eigenvalue weighted by Crippen LogP contribution is 2.20. The number of nitrogen functional groups attached to an aromatic ring is 1. The Kier molecular flexibility index (Phi) is 5.82. The smallest absolute Gasteiger partial charge is 0.338 e. The molecule has 3 N–H and O–H groups in total. The summed E-state index contributed by atoms with van der Waals surface area (Å²) in [6.07, 6.45) is -0.0211. The van der Waals surface area contributed by atoms with Crippen molar-refractivity contribution >= 4 is 34.9 Å². The zero-order valence-corrected chi connectivity index (χ0v) is 14.3. The van der Waals surface area contributed by atoms with Crippen LogP contribution in [0.5, 0.6) is 0 Å². The van der Waals surface area contributed by atoms with Crippen LogP contribution in [0.1, 0.15) is 29.8 Å². The van der Waals surface area contributed by atoms with Gasteiger partial charge in [-0.15, -0.1) is 0 Å². The molecule has 0 spiro atoms. The molecule has 126 valence electrons. The van der Waals surface area contributed by atoms with E-state index in [1.807, 2.05) is 24.3 Å². The maximum atomic E-state index is 12.1. The van der Waals surface area contributed by atoms with Crippen LogP contribution < -0.4 is 11.1 Å². The fraction of sp³-hybridized carbons (Fsp3) is 0.222. The first-order valence-electron chi connectivity index (χ1n) is 7.56. The van der Waals surface area contributed by atoms with Crippen LogP contribution in [-0.4, -0.2) is 18.0 Å². The van der Waals surface area contributed by atoms with Gasteiger partial charge in [-0.05, 0) is 49.2 Å². The van der Waals surface area contributed by atoms with Crippen molar-refractivity contribution in [2.75, 3.05) is 11.1 Å². The number of amides is 1. The summed E-state index contributed by atoms with van der Waals surface area (Å²) in [7, 11) is 0. The third-order valence-corrected chi connectivity index (χ3v) is 3.86. The number of anilines is 2. The summed E-state index contributed by atoms with van der Waals surface area (Å²) in [5.74, 6) is -1.04. The first-order valence-corrected chi connectivity index (χ1v) is 7.94. The number of esters is 1. The Morgan fingerprint density at radius 1 is 1.21 bits per heavy atom. The van der Waals surface area contributed by atoms with E-state index in [1.54, 1.807) is 0 Å². The number of hydrogen-bond acceptors (Lipinski definition) is 4. The number of rotatable bonds is 5. The molecule has 1 atom stereocenters. The Morgan fingerprint density at radius 3 is 2.46 bits per heavy atom. The maximum Gasteiger partial charge on any atom is 0.338 e. The molecule has 24 heavy (non-hydrogen) atoms. The number of nitrogens with one attached hydrogen (secondary N) is 1. The average molecular weight is 347 g/mol. The van der Waals surface area contributed by atoms with Crippen LogP contribution in [0.3, 0.4) is 0 Å². The average Bonchev–Trinajstić information content (AvgIpc) is 2.57. The van der Waals surface area contributed by atoms with Crippen molar-refractivity contribution in [1.29, 1.82) is 0 Å². The van der Waals surface area contributed by atoms with Crippen LogP contribution in [0.15, 0.2) is 42.5 Å². The second-order valence-electron chi connectivity index (χ2n) is 5.32. The number of benzene rings is 2. The minimum atomic E-state index is -0.944. The zero-order valence-electron chi connectivity index (χ0n) is 13.5. The summed E-state index contributed by atoms with van der Waals surface area (Å²) >= 11 is 5.81. The second kappa shape index (κ2) is 7.84. The number of carbonyl (C=O) groups is 2. The Morgan fingerprint density at radius 2 is 1.88 bits per heavy atom. The summed E-state index contributed by atoms with van der Waals surface area (Å²) in [5, 5.41) is 3.06. The van der Waals surface area contributed by atoms with E-state index in [0.29, 0.717) is 10.7 Å². The SMILES string of the molecule is CCc1ccc(NC(=O)C(C)OC(=O)c2ccc(Cl)c(N)c2)cc1. The molecule has 0 aliphatic heterocycles. The van der Waals surface area contributed by atoms with Crippen LogP contribution in [0.25, 0.3) is 0 Å². The van der Waals surface area contributed by atoms with Gasteiger partial charge in [-0.25, -0.2) is 4.79 Å². The molecule has 0 saturated heterocycles. The third-order valence-electron chi connectivity index (χ3n) is 3.51. The van der Waals surface area contributed by atoms with Gasteiger partial charge in [0.15, 0.2) is 6.10 Å². The first kappa shape index (κ1) is 17.8. The quantitative estimate of drug-likeness (QED) is 0.639. The highest BCUT2D eigenvalue weighted by atomic mass is 35.5. The Bertz CT molecular complexity index is 744. The van der Waals surface area contributed by atoms with Crippen LogP contribution >= 0.6 is 11.6 Å². The summed E-state index contributed by atoms with van der Waals surface area (Å²) in [5.41, 5.74) is 8.00. The fourth-order valence-electron chi connectivity index (χ4n) is 2.02. The van der Waals surface area contributed by atoms with Gasteiger partial charge < -0.3 is 15.8 Å². The van der Waals surface area contributed by atoms with Gasteiger partial charge in [0, 0.05) is 5.69 Å². The van der Waals surface area contributed by atoms with E-state index < -0.39 is 18.0 Å². The fourth-order valence-corrected chi connectivity index (χ4v) is 2.14. The Balaban J connectivity index is 1.97. The van der Waals surface area contributed by atoms with Crippen molar-refractivity contribution in [3.63, 3.8) is 0 Å². The molecule has 6 heteroatoms. The van der Waals surface area contributed by atoms with Crippen molar-refractivity contribution in [3.8, 4) is 0 Å². The minimum absolute atomic E-state index is 0.240. The molecule has 0 bridgehead atoms. The van der Waals surface area contributed by atoms with E-state index in [9.17, 15) is 9.59 Å². The largest absolute Gasteiger partial charge is 0.449 e. The molecule has 0 aliphatic rings. The van der Waals surface area contributed by atoms with Crippen LogP contribution in [0.2, 0.25) is 5.02 Å². The molecule has 5 nitrogen and oxygen atoms in total. The van der Waals surface area contributed by atoms with Gasteiger partial charge >= 0.3 is 5.97 Å². The molecule has 0 aliphatic carbocycles. The van der Waals surface area contributed by atoms with Crippen LogP contribution in [0, 0.1) is 0 Å². The third kappa shape index (κ3) is 4.49. The van der Waals surface area contributed by atoms with Crippen LogP contribution in [-0.2, 0) is 16.0 Å². The lowest BCUT2D eigenvalue weighted by Gasteiger charge is -2.14. The van der Waals surface area contributed by atoms with Gasteiger partial charge in [-0.2, -0.15) is 0 Å². The van der Waals surface area contributed by atoms with Crippen LogP contribution in [0.4, 0.5) is 11.4 Å². The number of carbonyl (C=O) groups excluding carboxylic acids is 2. The summed E-state index contributed by atoms with van der Waals surface area (Å²) in [6, 6.07) is 11.9. The molecule has 0 radical (unpaired) electrons. The number of aryl methyl sites for hydroxylation is 1. The minimum Gasteiger partial charge on any atom is -0.449 e. The number of nitrogens with two attached hydrogens (primary N) is 1. The number of hydrogen-bond donors (Lipinski definition) is 2. The van der Waals surface area contributed by atoms with Gasteiger partial charge in [0.2, 0.25) is 0 Å². The number of ether oxygens (including phenoxy) is 1. The highest BCUT2D eigenvalue weighted by molar-refractivity contribution is 6.33. The molecule has 2 aromatic carbocycles. The normalized spacial score (nSPS) is 11.6. The van der Waals surface area contributed by atoms with Crippen molar-refractivity contribution in [3.05, 3.63) is 58.6 Å². The van der Waals surface area contributed by atoms with E-state index >= 15 is 0 Å². The predicted molar refractivity (Wildman–Crippen MR) is 95.2 cm³/mol. The van der Waals surface area contributed by atoms with E-state index in [1.165, 1.54) is 30.7 Å². The monoisotopic (exact) mass is 346 g/mol. The van der Waals surface area contributed by atoms with Gasteiger partial charge in [0.1, 0.15) is 0 Å². The highest BCUT2D eigenvalue weighted by Gasteiger charge is 2.19. The van der Waals surface area contributed by atoms with Crippen molar-refractivity contribution in [2.45, 2.75) is 26.4 Å². The lowest BCUT2D eigenvalue weighted by atomic mass is 10.1. The topological polar surface area (TPSA) is 81.4 Å².